The lowest BCUT2D eigenvalue weighted by atomic mass is 10.3. The highest BCUT2D eigenvalue weighted by Crippen LogP contribution is 2.11. The van der Waals surface area contributed by atoms with Crippen LogP contribution in [0.3, 0.4) is 0 Å². The average Bonchev–Trinajstić information content (AvgIpc) is 2.39. The molecule has 0 amide bonds. The molecule has 1 aromatic rings. The molecule has 0 unspecified atom stereocenters. The number of carbonyl (C=O) groups is 1. The number of ether oxygens (including phenoxy) is 1. The Morgan fingerprint density at radius 2 is 2.06 bits per heavy atom. The molecule has 0 spiro atoms. The van der Waals surface area contributed by atoms with Crippen molar-refractivity contribution in [2.24, 2.45) is 0 Å². The van der Waals surface area contributed by atoms with Crippen molar-refractivity contribution in [3.8, 4) is 12.1 Å². The summed E-state index contributed by atoms with van der Waals surface area (Å²) in [4.78, 5) is 16.9. The minimum Gasteiger partial charge on any atom is -0.462 e. The summed E-state index contributed by atoms with van der Waals surface area (Å²) in [7, 11) is 0. The minimum atomic E-state index is -0.441. The molecule has 0 aliphatic carbocycles. The van der Waals surface area contributed by atoms with Crippen LogP contribution in [0.15, 0.2) is 18.3 Å². The first-order chi connectivity index (χ1) is 8.72. The van der Waals surface area contributed by atoms with Gasteiger partial charge in [0.05, 0.1) is 24.3 Å². The van der Waals surface area contributed by atoms with E-state index in [4.69, 9.17) is 15.3 Å². The number of nitriles is 2. The summed E-state index contributed by atoms with van der Waals surface area (Å²) in [5.41, 5.74) is 0.342. The summed E-state index contributed by atoms with van der Waals surface area (Å²) in [5.74, 6) is 0.0369. The molecule has 0 saturated heterocycles. The maximum atomic E-state index is 11.4. The summed E-state index contributed by atoms with van der Waals surface area (Å²) in [6, 6.07) is 7.05. The van der Waals surface area contributed by atoms with E-state index in [2.05, 4.69) is 4.98 Å². The molecule has 0 fully saturated rings. The highest BCUT2D eigenvalue weighted by Gasteiger charge is 2.10. The van der Waals surface area contributed by atoms with E-state index in [0.717, 1.165) is 0 Å². The van der Waals surface area contributed by atoms with E-state index in [1.54, 1.807) is 19.1 Å². The van der Waals surface area contributed by atoms with Crippen LogP contribution in [0.5, 0.6) is 0 Å². The van der Waals surface area contributed by atoms with Gasteiger partial charge in [-0.2, -0.15) is 10.5 Å². The van der Waals surface area contributed by atoms with Crippen LogP contribution in [0.25, 0.3) is 0 Å². The van der Waals surface area contributed by atoms with Crippen LogP contribution in [0.4, 0.5) is 5.82 Å². The van der Waals surface area contributed by atoms with Crippen molar-refractivity contribution in [1.29, 1.82) is 10.5 Å². The summed E-state index contributed by atoms with van der Waals surface area (Å²) < 4.78 is 4.83. The topological polar surface area (TPSA) is 90.0 Å². The first-order valence-electron chi connectivity index (χ1n) is 5.35. The normalized spacial score (nSPS) is 9.06. The van der Waals surface area contributed by atoms with Crippen LogP contribution in [0.2, 0.25) is 0 Å². The average molecular weight is 244 g/mol. The number of hydrogen-bond donors (Lipinski definition) is 0. The van der Waals surface area contributed by atoms with Crippen molar-refractivity contribution < 1.29 is 9.53 Å². The van der Waals surface area contributed by atoms with Crippen LogP contribution in [-0.4, -0.2) is 30.6 Å². The van der Waals surface area contributed by atoms with Crippen molar-refractivity contribution >= 4 is 11.8 Å². The molecule has 6 nitrogen and oxygen atoms in total. The lowest BCUT2D eigenvalue weighted by molar-refractivity contribution is 0.0526. The van der Waals surface area contributed by atoms with Gasteiger partial charge in [-0.3, -0.25) is 0 Å². The van der Waals surface area contributed by atoms with Crippen molar-refractivity contribution in [3.63, 3.8) is 0 Å². The molecule has 0 radical (unpaired) electrons. The fourth-order valence-electron chi connectivity index (χ4n) is 1.30. The minimum absolute atomic E-state index is 0.0688. The van der Waals surface area contributed by atoms with Crippen molar-refractivity contribution in [3.05, 3.63) is 23.9 Å². The quantitative estimate of drug-likeness (QED) is 0.569. The number of rotatable bonds is 5. The van der Waals surface area contributed by atoms with E-state index in [1.807, 2.05) is 12.1 Å². The maximum Gasteiger partial charge on any atom is 0.339 e. The van der Waals surface area contributed by atoms with Gasteiger partial charge in [0, 0.05) is 6.20 Å². The zero-order valence-corrected chi connectivity index (χ0v) is 9.96. The molecule has 0 saturated carbocycles. The molecule has 1 aromatic heterocycles. The van der Waals surface area contributed by atoms with Crippen LogP contribution < -0.4 is 4.90 Å². The number of esters is 1. The predicted octanol–water partition coefficient (Wildman–Crippen LogP) is 1.11. The lowest BCUT2D eigenvalue weighted by Crippen LogP contribution is -2.24. The highest BCUT2D eigenvalue weighted by molar-refractivity contribution is 5.89. The molecule has 0 aromatic carbocycles. The second kappa shape index (κ2) is 6.87. The van der Waals surface area contributed by atoms with Gasteiger partial charge in [0.15, 0.2) is 0 Å². The molecular formula is C12H12N4O2. The molecule has 0 N–H and O–H groups in total. The summed E-state index contributed by atoms with van der Waals surface area (Å²) in [6.45, 7) is 2.16. The van der Waals surface area contributed by atoms with Gasteiger partial charge in [0.25, 0.3) is 0 Å². The Morgan fingerprint density at radius 3 is 2.50 bits per heavy atom. The van der Waals surface area contributed by atoms with Gasteiger partial charge in [-0.25, -0.2) is 9.78 Å². The third-order valence-corrected chi connectivity index (χ3v) is 2.11. The Morgan fingerprint density at radius 1 is 1.39 bits per heavy atom. The third-order valence-electron chi connectivity index (χ3n) is 2.11. The van der Waals surface area contributed by atoms with Gasteiger partial charge in [-0.15, -0.1) is 0 Å². The molecule has 92 valence electrons. The second-order valence-corrected chi connectivity index (χ2v) is 3.30. The number of hydrogen-bond acceptors (Lipinski definition) is 6. The van der Waals surface area contributed by atoms with Gasteiger partial charge in [-0.05, 0) is 19.1 Å². The number of nitrogens with zero attached hydrogens (tertiary/aromatic N) is 4. The molecular weight excluding hydrogens is 232 g/mol. The molecule has 0 bridgehead atoms. The first kappa shape index (κ1) is 13.5. The fourth-order valence-corrected chi connectivity index (χ4v) is 1.30. The number of pyridine rings is 1. The summed E-state index contributed by atoms with van der Waals surface area (Å²) in [5, 5.41) is 17.3. The van der Waals surface area contributed by atoms with E-state index < -0.39 is 5.97 Å². The molecule has 0 atom stereocenters. The zero-order chi connectivity index (χ0) is 13.4. The predicted molar refractivity (Wildman–Crippen MR) is 63.6 cm³/mol. The lowest BCUT2D eigenvalue weighted by Gasteiger charge is -2.16. The van der Waals surface area contributed by atoms with Crippen LogP contribution in [-0.2, 0) is 4.74 Å². The van der Waals surface area contributed by atoms with Crippen molar-refractivity contribution in [2.45, 2.75) is 6.92 Å². The Labute approximate surface area is 105 Å². The SMILES string of the molecule is CCOC(=O)c1ccc(N(CC#N)CC#N)nc1. The van der Waals surface area contributed by atoms with E-state index >= 15 is 0 Å². The second-order valence-electron chi connectivity index (χ2n) is 3.30. The Kier molecular flexibility index (Phi) is 5.14. The molecule has 1 rings (SSSR count). The molecule has 0 aliphatic rings. The van der Waals surface area contributed by atoms with Crippen LogP contribution in [0, 0.1) is 22.7 Å². The highest BCUT2D eigenvalue weighted by atomic mass is 16.5. The van der Waals surface area contributed by atoms with E-state index in [1.165, 1.54) is 11.1 Å². The first-order valence-corrected chi connectivity index (χ1v) is 5.35. The fraction of sp³-hybridized carbons (Fsp3) is 0.333. The standard InChI is InChI=1S/C12H12N4O2/c1-2-18-12(17)10-3-4-11(15-9-10)16(7-5-13)8-6-14/h3-4,9H,2,7-8H2,1H3. The Bertz CT molecular complexity index is 468. The van der Waals surface area contributed by atoms with Gasteiger partial charge >= 0.3 is 5.97 Å². The maximum absolute atomic E-state index is 11.4. The largest absolute Gasteiger partial charge is 0.462 e. The smallest absolute Gasteiger partial charge is 0.339 e. The van der Waals surface area contributed by atoms with Gasteiger partial charge in [0.2, 0.25) is 0 Å². The zero-order valence-electron chi connectivity index (χ0n) is 9.96. The van der Waals surface area contributed by atoms with Crippen LogP contribution in [0.1, 0.15) is 17.3 Å². The summed E-state index contributed by atoms with van der Waals surface area (Å²) >= 11 is 0. The van der Waals surface area contributed by atoms with Gasteiger partial charge < -0.3 is 9.64 Å². The van der Waals surface area contributed by atoms with Gasteiger partial charge in [0.1, 0.15) is 18.9 Å². The molecule has 1 heterocycles. The third kappa shape index (κ3) is 3.46. The van der Waals surface area contributed by atoms with Crippen molar-refractivity contribution in [1.82, 2.24) is 4.98 Å². The Hall–Kier alpha value is -2.60. The summed E-state index contributed by atoms with van der Waals surface area (Å²) in [6.07, 6.45) is 1.37. The van der Waals surface area contributed by atoms with Crippen LogP contribution >= 0.6 is 0 Å². The van der Waals surface area contributed by atoms with E-state index in [0.29, 0.717) is 18.0 Å². The van der Waals surface area contributed by atoms with E-state index in [9.17, 15) is 4.79 Å². The molecule has 6 heteroatoms. The van der Waals surface area contributed by atoms with Gasteiger partial charge in [-0.1, -0.05) is 0 Å². The van der Waals surface area contributed by atoms with Crippen molar-refractivity contribution in [2.75, 3.05) is 24.6 Å². The molecule has 18 heavy (non-hydrogen) atoms. The Balaban J connectivity index is 2.84. The number of carbonyl (C=O) groups excluding carboxylic acids is 1. The number of aromatic nitrogens is 1. The number of anilines is 1. The molecule has 0 aliphatic heterocycles. The van der Waals surface area contributed by atoms with E-state index in [-0.39, 0.29) is 13.1 Å². The monoisotopic (exact) mass is 244 g/mol.